The monoisotopic (exact) mass is 753 g/mol. The largest absolute Gasteiger partial charge is 0.459 e. The fourth-order valence-corrected chi connectivity index (χ4v) is 9.74. The lowest BCUT2D eigenvalue weighted by atomic mass is 9.85. The molecule has 3 fully saturated rings. The zero-order chi connectivity index (χ0) is 38.6. The average Bonchev–Trinajstić information content (AvgIpc) is 3.93. The molecule has 2 bridgehead atoms. The maximum atomic E-state index is 14.6. The van der Waals surface area contributed by atoms with Crippen LogP contribution in [-0.4, -0.2) is 81.6 Å². The number of benzene rings is 1. The third-order valence-corrected chi connectivity index (χ3v) is 13.5. The van der Waals surface area contributed by atoms with Crippen LogP contribution in [0, 0.1) is 16.7 Å². The molecular weight excluding hydrogens is 699 g/mol. The van der Waals surface area contributed by atoms with Crippen LogP contribution in [0.5, 0.6) is 6.01 Å². The molecule has 2 N–H and O–H groups in total. The van der Waals surface area contributed by atoms with E-state index in [0.29, 0.717) is 57.5 Å². The Morgan fingerprint density at radius 1 is 1.09 bits per heavy atom. The maximum absolute atomic E-state index is 14.6. The summed E-state index contributed by atoms with van der Waals surface area (Å²) < 4.78 is 42.9. The number of ether oxygens (including phenoxy) is 2. The van der Waals surface area contributed by atoms with Crippen LogP contribution >= 0.6 is 0 Å². The molecule has 2 spiro atoms. The van der Waals surface area contributed by atoms with E-state index in [0.717, 1.165) is 11.0 Å². The number of hydrogen-bond acceptors (Lipinski definition) is 9. The van der Waals surface area contributed by atoms with Crippen molar-refractivity contribution < 1.29 is 37.1 Å². The standard InChI is InChI=1S/C39H55N5O8S/c1-8-25-22-39(25)23-30(45)29-21-26(24-44(29)32(46)31(36(2,3)4)41-35(48)52-37(5,6)7)51-34-40-27-15-11-12-16-28(27)43(34)20-14-10-9-13-17-38(18-19-38)53(49,50)42-33(39)47/h10-12,14-16,25-26,29,31H,8-9,13,17-24H2,1-7H3,(H,41,48)(H,42,47)/b14-10-/t25-,26-,29+,31-,39-/m1/s1. The first kappa shape index (κ1) is 38.8. The van der Waals surface area contributed by atoms with Crippen LogP contribution in [0.1, 0.15) is 106 Å². The number of imidazole rings is 1. The number of hydrogen-bond donors (Lipinski definition) is 2. The summed E-state index contributed by atoms with van der Waals surface area (Å²) in [5.41, 5.74) is -1.18. The molecule has 2 aromatic rings. The van der Waals surface area contributed by atoms with Crippen LogP contribution in [-0.2, 0) is 35.7 Å². The average molecular weight is 754 g/mol. The summed E-state index contributed by atoms with van der Waals surface area (Å²) in [4.78, 5) is 62.4. The van der Waals surface area contributed by atoms with Crippen LogP contribution < -0.4 is 14.8 Å². The Bertz CT molecular complexity index is 1900. The molecular formula is C39H55N5O8S. The van der Waals surface area contributed by atoms with Gasteiger partial charge in [-0.25, -0.2) is 13.2 Å². The van der Waals surface area contributed by atoms with Gasteiger partial charge in [0, 0.05) is 19.4 Å². The zero-order valence-electron chi connectivity index (χ0n) is 32.1. The maximum Gasteiger partial charge on any atom is 0.408 e. The Hall–Kier alpha value is -3.94. The fourth-order valence-electron chi connectivity index (χ4n) is 8.02. The summed E-state index contributed by atoms with van der Waals surface area (Å²) in [5, 5.41) is 2.76. The summed E-state index contributed by atoms with van der Waals surface area (Å²) in [5.74, 6) is -1.65. The van der Waals surface area contributed by atoms with Crippen molar-refractivity contribution in [2.45, 2.75) is 141 Å². The number of fused-ring (bicyclic) bond motifs is 5. The van der Waals surface area contributed by atoms with Gasteiger partial charge in [-0.05, 0) is 82.8 Å². The molecule has 290 valence electrons. The number of para-hydroxylation sites is 2. The second kappa shape index (κ2) is 14.0. The van der Waals surface area contributed by atoms with Crippen LogP contribution in [0.15, 0.2) is 36.4 Å². The molecule has 14 heteroatoms. The predicted octanol–water partition coefficient (Wildman–Crippen LogP) is 5.42. The summed E-state index contributed by atoms with van der Waals surface area (Å²) in [6, 6.07) is 5.97. The molecule has 3 amide bonds. The van der Waals surface area contributed by atoms with E-state index in [1.54, 1.807) is 20.8 Å². The second-order valence-electron chi connectivity index (χ2n) is 17.5. The Morgan fingerprint density at radius 2 is 1.81 bits per heavy atom. The number of allylic oxidation sites excluding steroid dienone is 2. The molecule has 5 atom stereocenters. The van der Waals surface area contributed by atoms with Crippen LogP contribution in [0.3, 0.4) is 0 Å². The molecule has 3 heterocycles. The highest BCUT2D eigenvalue weighted by atomic mass is 32.2. The van der Waals surface area contributed by atoms with E-state index in [-0.39, 0.29) is 31.1 Å². The van der Waals surface area contributed by atoms with E-state index in [4.69, 9.17) is 14.5 Å². The number of nitrogens with zero attached hydrogens (tertiary/aromatic N) is 3. The second-order valence-corrected chi connectivity index (χ2v) is 19.6. The molecule has 2 aliphatic heterocycles. The summed E-state index contributed by atoms with van der Waals surface area (Å²) in [6.45, 7) is 13.1. The van der Waals surface area contributed by atoms with Gasteiger partial charge in [-0.15, -0.1) is 0 Å². The number of sulfonamides is 1. The smallest absolute Gasteiger partial charge is 0.408 e. The molecule has 1 saturated heterocycles. The summed E-state index contributed by atoms with van der Waals surface area (Å²) >= 11 is 0. The molecule has 1 aromatic carbocycles. The molecule has 2 aliphatic carbocycles. The number of Topliss-reactive ketones (excluding diaryl/α,β-unsaturated/α-hetero) is 1. The first-order chi connectivity index (χ1) is 24.8. The first-order valence-electron chi connectivity index (χ1n) is 19.0. The molecule has 13 nitrogen and oxygen atoms in total. The summed E-state index contributed by atoms with van der Waals surface area (Å²) in [7, 11) is -3.99. The Labute approximate surface area is 312 Å². The van der Waals surface area contributed by atoms with Gasteiger partial charge in [0.05, 0.1) is 33.8 Å². The van der Waals surface area contributed by atoms with Crippen LogP contribution in [0.25, 0.3) is 11.0 Å². The number of rotatable bonds is 3. The van der Waals surface area contributed by atoms with Crippen LogP contribution in [0.4, 0.5) is 4.79 Å². The van der Waals surface area contributed by atoms with Gasteiger partial charge < -0.3 is 19.7 Å². The van der Waals surface area contributed by atoms with Crippen molar-refractivity contribution in [3.05, 3.63) is 36.4 Å². The molecule has 4 aliphatic rings. The van der Waals surface area contributed by atoms with Crippen molar-refractivity contribution in [1.29, 1.82) is 0 Å². The molecule has 2 saturated carbocycles. The minimum atomic E-state index is -3.99. The van der Waals surface area contributed by atoms with Crippen molar-refractivity contribution in [1.82, 2.24) is 24.5 Å². The third kappa shape index (κ3) is 7.98. The van der Waals surface area contributed by atoms with Crippen LogP contribution in [0.2, 0.25) is 0 Å². The van der Waals surface area contributed by atoms with E-state index >= 15 is 0 Å². The predicted molar refractivity (Wildman–Crippen MR) is 199 cm³/mol. The number of alkyl carbamates (subject to hydrolysis) is 1. The number of aromatic nitrogens is 2. The van der Waals surface area contributed by atoms with Gasteiger partial charge in [-0.2, -0.15) is 4.98 Å². The number of ketones is 1. The van der Waals surface area contributed by atoms with Gasteiger partial charge >= 0.3 is 6.09 Å². The highest BCUT2D eigenvalue weighted by Crippen LogP contribution is 2.58. The van der Waals surface area contributed by atoms with E-state index in [1.807, 2.05) is 68.7 Å². The molecule has 0 radical (unpaired) electrons. The van der Waals surface area contributed by atoms with Crippen molar-refractivity contribution in [3.63, 3.8) is 0 Å². The van der Waals surface area contributed by atoms with Gasteiger partial charge in [0.1, 0.15) is 17.7 Å². The van der Waals surface area contributed by atoms with E-state index < -0.39 is 67.3 Å². The quantitative estimate of drug-likeness (QED) is 0.390. The fraction of sp³-hybridized carbons (Fsp3) is 0.667. The topological polar surface area (TPSA) is 166 Å². The Morgan fingerprint density at radius 3 is 2.45 bits per heavy atom. The Kier molecular flexibility index (Phi) is 10.3. The summed E-state index contributed by atoms with van der Waals surface area (Å²) in [6.07, 6.45) is 6.21. The normalized spacial score (nSPS) is 28.5. The lowest BCUT2D eigenvalue weighted by Gasteiger charge is -2.36. The molecule has 0 unspecified atom stereocenters. The molecule has 53 heavy (non-hydrogen) atoms. The van der Waals surface area contributed by atoms with Crippen molar-refractivity contribution in [2.75, 3.05) is 6.54 Å². The zero-order valence-corrected chi connectivity index (χ0v) is 32.9. The van der Waals surface area contributed by atoms with Gasteiger partial charge in [0.2, 0.25) is 21.8 Å². The third-order valence-electron chi connectivity index (χ3n) is 11.3. The van der Waals surface area contributed by atoms with E-state index in [2.05, 4.69) is 10.0 Å². The number of nitrogens with one attached hydrogen (secondary N) is 2. The SMILES string of the molecule is CC[C@@H]1C[C@@]12CC(=O)[C@@H]1C[C@H](CN1C(=O)[C@@H](NC(=O)OC(C)(C)C)C(C)(C)C)Oc1nc3ccccc3n1C/C=C\CCCC1(CC1)S(=O)(=O)NC2=O. The number of carbonyl (C=O) groups excluding carboxylic acids is 4. The van der Waals surface area contributed by atoms with Gasteiger partial charge in [-0.1, -0.05) is 58.4 Å². The van der Waals surface area contributed by atoms with Gasteiger partial charge in [-0.3, -0.25) is 23.7 Å². The minimum Gasteiger partial charge on any atom is -0.459 e. The number of carbonyl (C=O) groups is 4. The lowest BCUT2D eigenvalue weighted by molar-refractivity contribution is -0.142. The van der Waals surface area contributed by atoms with E-state index in [9.17, 15) is 27.6 Å². The molecule has 1 aromatic heterocycles. The lowest BCUT2D eigenvalue weighted by Crippen LogP contribution is -2.57. The van der Waals surface area contributed by atoms with Crippen molar-refractivity contribution in [2.24, 2.45) is 16.7 Å². The van der Waals surface area contributed by atoms with Crippen molar-refractivity contribution in [3.8, 4) is 6.01 Å². The van der Waals surface area contributed by atoms with Gasteiger partial charge in [0.25, 0.3) is 6.01 Å². The first-order valence-corrected chi connectivity index (χ1v) is 20.4. The highest BCUT2D eigenvalue weighted by Gasteiger charge is 2.63. The highest BCUT2D eigenvalue weighted by molar-refractivity contribution is 7.91. The van der Waals surface area contributed by atoms with Gasteiger partial charge in [0.15, 0.2) is 5.78 Å². The number of amides is 3. The number of likely N-dealkylation sites (tertiary alicyclic amines) is 1. The molecule has 6 rings (SSSR count). The van der Waals surface area contributed by atoms with E-state index in [1.165, 1.54) is 4.90 Å². The minimum absolute atomic E-state index is 0.0319. The van der Waals surface area contributed by atoms with Crippen molar-refractivity contribution >= 4 is 44.7 Å². The Balaban J connectivity index is 1.37.